The molecule has 124 valence electrons. The number of carbonyl (C=O) groups is 1. The van der Waals surface area contributed by atoms with Crippen LogP contribution in [-0.4, -0.2) is 18.2 Å². The third kappa shape index (κ3) is 5.39. The largest absolute Gasteiger partial charge is 0.483 e. The van der Waals surface area contributed by atoms with Crippen LogP contribution in [-0.2, 0) is 4.79 Å². The van der Waals surface area contributed by atoms with Crippen LogP contribution in [0.25, 0.3) is 6.08 Å². The summed E-state index contributed by atoms with van der Waals surface area (Å²) in [6, 6.07) is 15.8. The maximum Gasteiger partial charge on any atom is 0.277 e. The van der Waals surface area contributed by atoms with Gasteiger partial charge >= 0.3 is 0 Å². The van der Waals surface area contributed by atoms with Crippen molar-refractivity contribution in [3.8, 4) is 5.75 Å². The van der Waals surface area contributed by atoms with E-state index in [0.29, 0.717) is 5.71 Å². The van der Waals surface area contributed by atoms with Crippen molar-refractivity contribution < 1.29 is 9.53 Å². The first kappa shape index (κ1) is 17.5. The summed E-state index contributed by atoms with van der Waals surface area (Å²) in [5, 5.41) is 4.05. The quantitative estimate of drug-likeness (QED) is 0.648. The van der Waals surface area contributed by atoms with Gasteiger partial charge in [0.05, 0.1) is 5.71 Å². The summed E-state index contributed by atoms with van der Waals surface area (Å²) >= 11 is 0. The lowest BCUT2D eigenvalue weighted by molar-refractivity contribution is -0.123. The number of hydrazone groups is 1. The second kappa shape index (κ2) is 8.67. The summed E-state index contributed by atoms with van der Waals surface area (Å²) in [5.74, 6) is 0.461. The molecule has 2 aromatic rings. The highest BCUT2D eigenvalue weighted by atomic mass is 16.5. The van der Waals surface area contributed by atoms with Crippen molar-refractivity contribution in [3.05, 3.63) is 71.3 Å². The summed E-state index contributed by atoms with van der Waals surface area (Å²) in [6.07, 6.45) is 3.79. The summed E-state index contributed by atoms with van der Waals surface area (Å²) in [7, 11) is 0. The van der Waals surface area contributed by atoms with Crippen LogP contribution >= 0.6 is 0 Å². The molecule has 0 saturated heterocycles. The van der Waals surface area contributed by atoms with Crippen LogP contribution in [0.4, 0.5) is 0 Å². The molecule has 4 nitrogen and oxygen atoms in total. The van der Waals surface area contributed by atoms with Gasteiger partial charge in [-0.2, -0.15) is 5.10 Å². The summed E-state index contributed by atoms with van der Waals surface area (Å²) in [5.41, 5.74) is 6.30. The first-order chi connectivity index (χ1) is 11.6. The van der Waals surface area contributed by atoms with E-state index in [1.807, 2.05) is 81.5 Å². The van der Waals surface area contributed by atoms with Gasteiger partial charge in [-0.25, -0.2) is 5.43 Å². The summed E-state index contributed by atoms with van der Waals surface area (Å²) < 4.78 is 5.59. The number of nitrogens with zero attached hydrogens (tertiary/aromatic N) is 1. The molecule has 0 atom stereocenters. The number of aryl methyl sites for hydroxylation is 2. The molecule has 4 heteroatoms. The Hall–Kier alpha value is -2.88. The van der Waals surface area contributed by atoms with Gasteiger partial charge in [0.2, 0.25) is 0 Å². The van der Waals surface area contributed by atoms with Gasteiger partial charge in [0.25, 0.3) is 5.91 Å². The normalized spacial score (nSPS) is 11.5. The molecule has 1 N–H and O–H groups in total. The van der Waals surface area contributed by atoms with Gasteiger partial charge in [-0.05, 0) is 43.5 Å². The maximum atomic E-state index is 11.9. The van der Waals surface area contributed by atoms with E-state index in [9.17, 15) is 4.79 Å². The van der Waals surface area contributed by atoms with Crippen molar-refractivity contribution in [1.29, 1.82) is 0 Å². The molecule has 24 heavy (non-hydrogen) atoms. The molecule has 0 aliphatic carbocycles. The van der Waals surface area contributed by atoms with Gasteiger partial charge in [0.1, 0.15) is 5.75 Å². The number of nitrogens with one attached hydrogen (secondary N) is 1. The fraction of sp³-hybridized carbons (Fsp3) is 0.200. The van der Waals surface area contributed by atoms with E-state index in [1.54, 1.807) is 0 Å². The number of carbonyl (C=O) groups excluding carboxylic acids is 1. The highest BCUT2D eigenvalue weighted by Gasteiger charge is 2.06. The molecule has 0 bridgehead atoms. The molecule has 2 aromatic carbocycles. The molecular formula is C20H22N2O2. The van der Waals surface area contributed by atoms with Crippen LogP contribution in [0.15, 0.2) is 59.7 Å². The van der Waals surface area contributed by atoms with Crippen molar-refractivity contribution in [3.63, 3.8) is 0 Å². The number of ether oxygens (including phenoxy) is 1. The predicted molar refractivity (Wildman–Crippen MR) is 98.1 cm³/mol. The zero-order valence-electron chi connectivity index (χ0n) is 14.2. The van der Waals surface area contributed by atoms with Gasteiger partial charge in [-0.1, -0.05) is 54.6 Å². The first-order valence-electron chi connectivity index (χ1n) is 7.81. The Morgan fingerprint density at radius 3 is 2.42 bits per heavy atom. The molecule has 2 rings (SSSR count). The Morgan fingerprint density at radius 2 is 1.75 bits per heavy atom. The molecule has 0 aliphatic heterocycles. The Kier molecular flexibility index (Phi) is 6.32. The van der Waals surface area contributed by atoms with Crippen LogP contribution in [0.1, 0.15) is 23.6 Å². The number of rotatable bonds is 6. The zero-order valence-corrected chi connectivity index (χ0v) is 14.2. The molecule has 0 aromatic heterocycles. The number of para-hydroxylation sites is 1. The lowest BCUT2D eigenvalue weighted by Crippen LogP contribution is -2.25. The minimum Gasteiger partial charge on any atom is -0.483 e. The van der Waals surface area contributed by atoms with Gasteiger partial charge in [0.15, 0.2) is 6.61 Å². The number of allylic oxidation sites excluding steroid dienone is 1. The smallest absolute Gasteiger partial charge is 0.277 e. The van der Waals surface area contributed by atoms with Gasteiger partial charge in [-0.3, -0.25) is 4.79 Å². The SMILES string of the molecule is CC(C=Cc1ccccc1)=NNC(=O)COc1c(C)cccc1C. The van der Waals surface area contributed by atoms with Gasteiger partial charge in [-0.15, -0.1) is 0 Å². The van der Waals surface area contributed by atoms with E-state index < -0.39 is 0 Å². The Labute approximate surface area is 142 Å². The molecule has 0 radical (unpaired) electrons. The first-order valence-corrected chi connectivity index (χ1v) is 7.81. The third-order valence-corrected chi connectivity index (χ3v) is 3.43. The molecule has 0 unspecified atom stereocenters. The third-order valence-electron chi connectivity index (χ3n) is 3.43. The summed E-state index contributed by atoms with van der Waals surface area (Å²) in [6.45, 7) is 5.67. The van der Waals surface area contributed by atoms with Gasteiger partial charge in [0, 0.05) is 0 Å². The van der Waals surface area contributed by atoms with Crippen LogP contribution in [0.2, 0.25) is 0 Å². The Balaban J connectivity index is 1.85. The van der Waals surface area contributed by atoms with Crippen LogP contribution in [0.5, 0.6) is 5.75 Å². The number of amides is 1. The average molecular weight is 322 g/mol. The van der Waals surface area contributed by atoms with Crippen LogP contribution in [0.3, 0.4) is 0 Å². The lowest BCUT2D eigenvalue weighted by atomic mass is 10.1. The fourth-order valence-corrected chi connectivity index (χ4v) is 2.17. The second-order valence-corrected chi connectivity index (χ2v) is 5.54. The van der Waals surface area contributed by atoms with E-state index in [-0.39, 0.29) is 12.5 Å². The number of hydrogen-bond donors (Lipinski definition) is 1. The van der Waals surface area contributed by atoms with E-state index in [2.05, 4.69) is 10.5 Å². The molecular weight excluding hydrogens is 300 g/mol. The van der Waals surface area contributed by atoms with Crippen molar-refractivity contribution in [2.45, 2.75) is 20.8 Å². The average Bonchev–Trinajstić information content (AvgIpc) is 2.58. The summed E-state index contributed by atoms with van der Waals surface area (Å²) in [4.78, 5) is 11.9. The Bertz CT molecular complexity index is 729. The van der Waals surface area contributed by atoms with E-state index in [4.69, 9.17) is 4.74 Å². The van der Waals surface area contributed by atoms with Crippen molar-refractivity contribution in [2.24, 2.45) is 5.10 Å². The highest BCUT2D eigenvalue weighted by molar-refractivity contribution is 5.97. The predicted octanol–water partition coefficient (Wildman–Crippen LogP) is 3.89. The van der Waals surface area contributed by atoms with E-state index in [0.717, 1.165) is 22.4 Å². The molecule has 0 aliphatic rings. The van der Waals surface area contributed by atoms with Crippen molar-refractivity contribution in [1.82, 2.24) is 5.43 Å². The fourth-order valence-electron chi connectivity index (χ4n) is 2.17. The highest BCUT2D eigenvalue weighted by Crippen LogP contribution is 2.21. The molecule has 1 amide bonds. The Morgan fingerprint density at radius 1 is 1.08 bits per heavy atom. The van der Waals surface area contributed by atoms with Crippen molar-refractivity contribution in [2.75, 3.05) is 6.61 Å². The second-order valence-electron chi connectivity index (χ2n) is 5.54. The maximum absolute atomic E-state index is 11.9. The van der Waals surface area contributed by atoms with E-state index >= 15 is 0 Å². The van der Waals surface area contributed by atoms with Gasteiger partial charge < -0.3 is 4.74 Å². The zero-order chi connectivity index (χ0) is 17.4. The monoisotopic (exact) mass is 322 g/mol. The minimum atomic E-state index is -0.287. The number of hydrogen-bond acceptors (Lipinski definition) is 3. The topological polar surface area (TPSA) is 50.7 Å². The molecule has 0 saturated carbocycles. The van der Waals surface area contributed by atoms with Crippen molar-refractivity contribution >= 4 is 17.7 Å². The molecule has 0 spiro atoms. The standard InChI is InChI=1S/C20H22N2O2/c1-15-8-7-9-16(2)20(15)24-14-19(23)22-21-17(3)12-13-18-10-5-4-6-11-18/h4-13H,14H2,1-3H3,(H,22,23). The van der Waals surface area contributed by atoms with E-state index in [1.165, 1.54) is 0 Å². The van der Waals surface area contributed by atoms with Crippen LogP contribution in [0, 0.1) is 13.8 Å². The lowest BCUT2D eigenvalue weighted by Gasteiger charge is -2.10. The molecule has 0 heterocycles. The number of benzene rings is 2. The molecule has 0 fully saturated rings. The minimum absolute atomic E-state index is 0.0646. The van der Waals surface area contributed by atoms with Crippen LogP contribution < -0.4 is 10.2 Å².